The lowest BCUT2D eigenvalue weighted by Crippen LogP contribution is -2.33. The van der Waals surface area contributed by atoms with Gasteiger partial charge >= 0.3 is 12.1 Å². The summed E-state index contributed by atoms with van der Waals surface area (Å²) in [6.07, 6.45) is 0.891. The molecule has 31 heavy (non-hydrogen) atoms. The smallest absolute Gasteiger partial charge is 0.475 e. The Hall–Kier alpha value is -2.86. The van der Waals surface area contributed by atoms with Crippen molar-refractivity contribution >= 4 is 11.9 Å². The summed E-state index contributed by atoms with van der Waals surface area (Å²) in [4.78, 5) is 23.3. The SMILES string of the molecule is Fc1cnc(N2CC[C@]3(C[C@H](OCc4ccccn4)CO3)C2)nc1.O=C(O)C(F)(F)F. The second-order valence-corrected chi connectivity index (χ2v) is 7.13. The van der Waals surface area contributed by atoms with Crippen molar-refractivity contribution in [3.05, 3.63) is 48.3 Å². The summed E-state index contributed by atoms with van der Waals surface area (Å²) in [5.41, 5.74) is 0.707. The molecular weight excluding hydrogens is 424 g/mol. The maximum atomic E-state index is 13.0. The Morgan fingerprint density at radius 1 is 1.29 bits per heavy atom. The molecule has 2 atom stereocenters. The van der Waals surface area contributed by atoms with Crippen LogP contribution in [0.3, 0.4) is 0 Å². The van der Waals surface area contributed by atoms with Crippen LogP contribution >= 0.6 is 0 Å². The molecule has 2 aliphatic rings. The first kappa shape index (κ1) is 22.8. The number of hydrogen-bond donors (Lipinski definition) is 1. The molecule has 8 nitrogen and oxygen atoms in total. The summed E-state index contributed by atoms with van der Waals surface area (Å²) in [6.45, 7) is 2.60. The lowest BCUT2D eigenvalue weighted by atomic mass is 9.98. The molecule has 2 aromatic heterocycles. The number of ether oxygens (including phenoxy) is 2. The van der Waals surface area contributed by atoms with Crippen LogP contribution in [0, 0.1) is 5.82 Å². The fourth-order valence-electron chi connectivity index (χ4n) is 3.36. The highest BCUT2D eigenvalue weighted by atomic mass is 19.4. The number of halogens is 4. The van der Waals surface area contributed by atoms with Crippen molar-refractivity contribution in [3.63, 3.8) is 0 Å². The van der Waals surface area contributed by atoms with Crippen molar-refractivity contribution in [2.75, 3.05) is 24.6 Å². The highest BCUT2D eigenvalue weighted by Crippen LogP contribution is 2.37. The van der Waals surface area contributed by atoms with Gasteiger partial charge in [-0.3, -0.25) is 4.98 Å². The van der Waals surface area contributed by atoms with E-state index < -0.39 is 18.0 Å². The molecule has 0 saturated carbocycles. The Kier molecular flexibility index (Phi) is 7.01. The van der Waals surface area contributed by atoms with Crippen LogP contribution in [0.5, 0.6) is 0 Å². The summed E-state index contributed by atoms with van der Waals surface area (Å²) in [5, 5.41) is 7.12. The number of alkyl halides is 3. The molecule has 0 aliphatic carbocycles. The Balaban J connectivity index is 0.000000339. The molecule has 0 radical (unpaired) electrons. The molecule has 168 valence electrons. The van der Waals surface area contributed by atoms with Crippen LogP contribution in [-0.4, -0.2) is 63.6 Å². The molecule has 0 aromatic carbocycles. The Labute approximate surface area is 174 Å². The predicted octanol–water partition coefficient (Wildman–Crippen LogP) is 2.60. The zero-order valence-corrected chi connectivity index (χ0v) is 16.3. The molecule has 4 rings (SSSR count). The molecule has 2 aromatic rings. The number of hydrogen-bond acceptors (Lipinski definition) is 7. The van der Waals surface area contributed by atoms with Crippen molar-refractivity contribution < 1.29 is 36.9 Å². The minimum Gasteiger partial charge on any atom is -0.475 e. The lowest BCUT2D eigenvalue weighted by Gasteiger charge is -2.23. The molecule has 4 heterocycles. The van der Waals surface area contributed by atoms with E-state index in [9.17, 15) is 17.6 Å². The number of aliphatic carboxylic acids is 1. The van der Waals surface area contributed by atoms with Gasteiger partial charge in [0.1, 0.15) is 0 Å². The first-order valence-electron chi connectivity index (χ1n) is 9.35. The van der Waals surface area contributed by atoms with Crippen LogP contribution in [-0.2, 0) is 20.9 Å². The van der Waals surface area contributed by atoms with E-state index in [1.165, 1.54) is 12.4 Å². The van der Waals surface area contributed by atoms with Crippen molar-refractivity contribution in [1.82, 2.24) is 15.0 Å². The van der Waals surface area contributed by atoms with Crippen LogP contribution in [0.25, 0.3) is 0 Å². The maximum Gasteiger partial charge on any atom is 0.490 e. The van der Waals surface area contributed by atoms with E-state index >= 15 is 0 Å². The van der Waals surface area contributed by atoms with Crippen LogP contribution in [0.4, 0.5) is 23.5 Å². The number of carboxylic acid groups (broad SMARTS) is 1. The second-order valence-electron chi connectivity index (χ2n) is 7.13. The monoisotopic (exact) mass is 444 g/mol. The van der Waals surface area contributed by atoms with Crippen LogP contribution in [0.1, 0.15) is 18.5 Å². The van der Waals surface area contributed by atoms with Gasteiger partial charge in [-0.2, -0.15) is 13.2 Å². The minimum atomic E-state index is -5.08. The van der Waals surface area contributed by atoms with E-state index in [-0.39, 0.29) is 11.7 Å². The number of rotatable bonds is 4. The predicted molar refractivity (Wildman–Crippen MR) is 98.6 cm³/mol. The topological polar surface area (TPSA) is 97.7 Å². The van der Waals surface area contributed by atoms with Crippen molar-refractivity contribution in [2.45, 2.75) is 37.3 Å². The Morgan fingerprint density at radius 2 is 2.00 bits per heavy atom. The first-order valence-corrected chi connectivity index (χ1v) is 9.35. The second kappa shape index (κ2) is 9.52. The molecule has 2 saturated heterocycles. The highest BCUT2D eigenvalue weighted by molar-refractivity contribution is 5.73. The minimum absolute atomic E-state index is 0.0705. The molecule has 1 N–H and O–H groups in total. The van der Waals surface area contributed by atoms with Gasteiger partial charge in [-0.25, -0.2) is 19.2 Å². The quantitative estimate of drug-likeness (QED) is 0.719. The average molecular weight is 444 g/mol. The highest BCUT2D eigenvalue weighted by Gasteiger charge is 2.46. The summed E-state index contributed by atoms with van der Waals surface area (Å²) in [6, 6.07) is 5.80. The van der Waals surface area contributed by atoms with Crippen molar-refractivity contribution in [2.24, 2.45) is 0 Å². The number of nitrogens with zero attached hydrogens (tertiary/aromatic N) is 4. The van der Waals surface area contributed by atoms with Gasteiger partial charge in [-0.15, -0.1) is 0 Å². The van der Waals surface area contributed by atoms with Gasteiger partial charge in [-0.05, 0) is 18.6 Å². The zero-order chi connectivity index (χ0) is 22.5. The molecular formula is C19H20F4N4O4. The summed E-state index contributed by atoms with van der Waals surface area (Å²) < 4.78 is 56.7. The fourth-order valence-corrected chi connectivity index (χ4v) is 3.36. The van der Waals surface area contributed by atoms with Gasteiger partial charge in [0.15, 0.2) is 5.82 Å². The van der Waals surface area contributed by atoms with Crippen LogP contribution in [0.2, 0.25) is 0 Å². The van der Waals surface area contributed by atoms with Crippen molar-refractivity contribution in [1.29, 1.82) is 0 Å². The molecule has 0 bridgehead atoms. The Morgan fingerprint density at radius 3 is 2.61 bits per heavy atom. The average Bonchev–Trinajstić information content (AvgIpc) is 3.34. The van der Waals surface area contributed by atoms with E-state index in [1.54, 1.807) is 6.20 Å². The molecule has 2 aliphatic heterocycles. The van der Waals surface area contributed by atoms with Gasteiger partial charge in [-0.1, -0.05) is 6.07 Å². The third kappa shape index (κ3) is 6.31. The zero-order valence-electron chi connectivity index (χ0n) is 16.3. The molecule has 0 amide bonds. The number of carboxylic acids is 1. The van der Waals surface area contributed by atoms with Crippen molar-refractivity contribution in [3.8, 4) is 0 Å². The lowest BCUT2D eigenvalue weighted by molar-refractivity contribution is -0.192. The largest absolute Gasteiger partial charge is 0.490 e. The number of anilines is 1. The molecule has 2 fully saturated rings. The summed E-state index contributed by atoms with van der Waals surface area (Å²) in [5.74, 6) is -2.63. The number of pyridine rings is 1. The molecule has 12 heteroatoms. The molecule has 0 unspecified atom stereocenters. The summed E-state index contributed by atoms with van der Waals surface area (Å²) >= 11 is 0. The van der Waals surface area contributed by atoms with E-state index in [1.807, 2.05) is 23.1 Å². The van der Waals surface area contributed by atoms with Gasteiger partial charge < -0.3 is 19.5 Å². The van der Waals surface area contributed by atoms with E-state index in [2.05, 4.69) is 15.0 Å². The molecule has 1 spiro atoms. The van der Waals surface area contributed by atoms with Gasteiger partial charge in [0, 0.05) is 19.2 Å². The first-order chi connectivity index (χ1) is 14.7. The van der Waals surface area contributed by atoms with Gasteiger partial charge in [0.05, 0.1) is 49.6 Å². The van der Waals surface area contributed by atoms with Crippen LogP contribution in [0.15, 0.2) is 36.8 Å². The van der Waals surface area contributed by atoms with E-state index in [0.717, 1.165) is 25.1 Å². The van der Waals surface area contributed by atoms with E-state index in [4.69, 9.17) is 19.4 Å². The number of carbonyl (C=O) groups is 1. The third-order valence-corrected chi connectivity index (χ3v) is 4.82. The van der Waals surface area contributed by atoms with Crippen LogP contribution < -0.4 is 4.90 Å². The summed E-state index contributed by atoms with van der Waals surface area (Å²) in [7, 11) is 0. The van der Waals surface area contributed by atoms with Gasteiger partial charge in [0.2, 0.25) is 5.95 Å². The standard InChI is InChI=1S/C17H19FN4O2.C2HF3O2/c18-13-8-20-16(21-9-13)22-6-4-17(12-22)7-15(11-24-17)23-10-14-3-1-2-5-19-14;3-2(4,5)1(6)7/h1-3,5,8-9,15H,4,6-7,10-12H2;(H,6,7)/t15-,17-;/m0./s1. The number of aromatic nitrogens is 3. The van der Waals surface area contributed by atoms with Gasteiger partial charge in [0.25, 0.3) is 0 Å². The Bertz CT molecular complexity index is 869. The normalized spacial score (nSPS) is 23.0. The fraction of sp³-hybridized carbons (Fsp3) is 0.474. The maximum absolute atomic E-state index is 13.0. The third-order valence-electron chi connectivity index (χ3n) is 4.82. The van der Waals surface area contributed by atoms with E-state index in [0.29, 0.717) is 25.7 Å².